The molecular weight excluding hydrogens is 244 g/mol. The first kappa shape index (κ1) is 11.8. The molecule has 1 unspecified atom stereocenters. The predicted molar refractivity (Wildman–Crippen MR) is 74.1 cm³/mol. The molecule has 18 heavy (non-hydrogen) atoms. The predicted octanol–water partition coefficient (Wildman–Crippen LogP) is 4.02. The van der Waals surface area contributed by atoms with Gasteiger partial charge in [0.05, 0.1) is 0 Å². The quantitative estimate of drug-likeness (QED) is 0.797. The summed E-state index contributed by atoms with van der Waals surface area (Å²) in [7, 11) is 0. The molecule has 0 N–H and O–H groups in total. The first-order chi connectivity index (χ1) is 8.74. The largest absolute Gasteiger partial charge is 0.332 e. The Morgan fingerprint density at radius 1 is 1.33 bits per heavy atom. The van der Waals surface area contributed by atoms with E-state index in [-0.39, 0.29) is 0 Å². The summed E-state index contributed by atoms with van der Waals surface area (Å²) in [6.07, 6.45) is 5.49. The van der Waals surface area contributed by atoms with Crippen molar-refractivity contribution in [2.45, 2.75) is 38.6 Å². The Balaban J connectivity index is 1.87. The molecule has 1 aliphatic rings. The van der Waals surface area contributed by atoms with Crippen molar-refractivity contribution in [2.75, 3.05) is 0 Å². The van der Waals surface area contributed by atoms with Crippen molar-refractivity contribution < 1.29 is 0 Å². The number of hydrogen-bond donors (Lipinski definition) is 0. The van der Waals surface area contributed by atoms with Crippen molar-refractivity contribution >= 4 is 11.6 Å². The maximum atomic E-state index is 5.91. The van der Waals surface area contributed by atoms with Gasteiger partial charge in [0.1, 0.15) is 5.82 Å². The summed E-state index contributed by atoms with van der Waals surface area (Å²) in [6.45, 7) is 3.40. The molecule has 94 valence electrons. The molecule has 0 aliphatic carbocycles. The second-order valence-corrected chi connectivity index (χ2v) is 5.53. The summed E-state index contributed by atoms with van der Waals surface area (Å²) in [4.78, 5) is 4.60. The van der Waals surface area contributed by atoms with Crippen LogP contribution in [0.15, 0.2) is 30.5 Å². The first-order valence-corrected chi connectivity index (χ1v) is 6.90. The Morgan fingerprint density at radius 3 is 2.89 bits per heavy atom. The molecule has 3 rings (SSSR count). The third-order valence-corrected chi connectivity index (χ3v) is 4.02. The number of fused-ring (bicyclic) bond motifs is 1. The lowest BCUT2D eigenvalue weighted by atomic mass is 9.98. The molecule has 1 aromatic carbocycles. The molecule has 1 atom stereocenters. The zero-order valence-corrected chi connectivity index (χ0v) is 11.3. The van der Waals surface area contributed by atoms with Crippen LogP contribution in [0.5, 0.6) is 0 Å². The van der Waals surface area contributed by atoms with Crippen LogP contribution in [0.4, 0.5) is 0 Å². The Bertz CT molecular complexity index is 542. The fourth-order valence-electron chi connectivity index (χ4n) is 2.71. The second-order valence-electron chi connectivity index (χ2n) is 5.10. The lowest BCUT2D eigenvalue weighted by Gasteiger charge is -2.22. The topological polar surface area (TPSA) is 17.8 Å². The fourth-order valence-corrected chi connectivity index (χ4v) is 2.84. The minimum atomic E-state index is 0.644. The third-order valence-electron chi connectivity index (χ3n) is 3.77. The van der Waals surface area contributed by atoms with Crippen LogP contribution in [-0.2, 0) is 13.0 Å². The normalized spacial score (nSPS) is 18.7. The second kappa shape index (κ2) is 4.77. The van der Waals surface area contributed by atoms with E-state index in [9.17, 15) is 0 Å². The zero-order valence-electron chi connectivity index (χ0n) is 10.6. The zero-order chi connectivity index (χ0) is 12.5. The van der Waals surface area contributed by atoms with Crippen molar-refractivity contribution in [2.24, 2.45) is 0 Å². The Morgan fingerprint density at radius 2 is 2.11 bits per heavy atom. The van der Waals surface area contributed by atoms with Crippen LogP contribution in [-0.4, -0.2) is 9.55 Å². The van der Waals surface area contributed by atoms with Crippen LogP contribution in [0.1, 0.15) is 42.8 Å². The molecule has 2 heterocycles. The average Bonchev–Trinajstić information content (AvgIpc) is 2.77. The van der Waals surface area contributed by atoms with E-state index >= 15 is 0 Å². The molecule has 0 fully saturated rings. The molecule has 3 heteroatoms. The molecule has 0 saturated heterocycles. The van der Waals surface area contributed by atoms with Crippen LogP contribution >= 0.6 is 11.6 Å². The Kier molecular flexibility index (Phi) is 3.13. The average molecular weight is 261 g/mol. The van der Waals surface area contributed by atoms with Gasteiger partial charge >= 0.3 is 0 Å². The van der Waals surface area contributed by atoms with Gasteiger partial charge in [-0.25, -0.2) is 4.98 Å². The summed E-state index contributed by atoms with van der Waals surface area (Å²) in [5.41, 5.74) is 2.66. The molecule has 1 aliphatic heterocycles. The van der Waals surface area contributed by atoms with E-state index in [4.69, 9.17) is 11.6 Å². The minimum Gasteiger partial charge on any atom is -0.332 e. The highest BCUT2D eigenvalue weighted by Gasteiger charge is 2.19. The summed E-state index contributed by atoms with van der Waals surface area (Å²) >= 11 is 5.91. The summed E-state index contributed by atoms with van der Waals surface area (Å²) in [5.74, 6) is 1.82. The van der Waals surface area contributed by atoms with Crippen molar-refractivity contribution in [3.8, 4) is 0 Å². The standard InChI is InChI=1S/C15H17ClN2/c1-11-3-2-8-18-14(11)10-17-15(18)9-12-4-6-13(16)7-5-12/h4-7,10-11H,2-3,8-9H2,1H3. The van der Waals surface area contributed by atoms with E-state index < -0.39 is 0 Å². The molecule has 0 saturated carbocycles. The smallest absolute Gasteiger partial charge is 0.113 e. The number of benzene rings is 1. The maximum Gasteiger partial charge on any atom is 0.113 e. The van der Waals surface area contributed by atoms with Crippen LogP contribution < -0.4 is 0 Å². The summed E-state index contributed by atoms with van der Waals surface area (Å²) < 4.78 is 2.39. The van der Waals surface area contributed by atoms with E-state index in [1.165, 1.54) is 29.9 Å². The molecular formula is C15H17ClN2. The van der Waals surface area contributed by atoms with Crippen LogP contribution in [0, 0.1) is 0 Å². The van der Waals surface area contributed by atoms with Gasteiger partial charge in [0, 0.05) is 29.9 Å². The van der Waals surface area contributed by atoms with Crippen molar-refractivity contribution in [3.05, 3.63) is 52.6 Å². The maximum absolute atomic E-state index is 5.91. The molecule has 2 aromatic rings. The van der Waals surface area contributed by atoms with Crippen LogP contribution in [0.3, 0.4) is 0 Å². The number of hydrogen-bond acceptors (Lipinski definition) is 1. The van der Waals surface area contributed by atoms with E-state index in [2.05, 4.69) is 34.8 Å². The number of rotatable bonds is 2. The highest BCUT2D eigenvalue weighted by Crippen LogP contribution is 2.28. The van der Waals surface area contributed by atoms with Crippen molar-refractivity contribution in [1.29, 1.82) is 0 Å². The van der Waals surface area contributed by atoms with E-state index in [1.807, 2.05) is 12.1 Å². The molecule has 0 spiro atoms. The molecule has 2 nitrogen and oxygen atoms in total. The van der Waals surface area contributed by atoms with E-state index in [1.54, 1.807) is 0 Å². The molecule has 0 bridgehead atoms. The Labute approximate surface area is 113 Å². The summed E-state index contributed by atoms with van der Waals surface area (Å²) in [6, 6.07) is 8.05. The van der Waals surface area contributed by atoms with Crippen LogP contribution in [0.25, 0.3) is 0 Å². The van der Waals surface area contributed by atoms with Gasteiger partial charge in [0.15, 0.2) is 0 Å². The number of imidazole rings is 1. The number of aromatic nitrogens is 2. The van der Waals surface area contributed by atoms with Gasteiger partial charge in [-0.15, -0.1) is 0 Å². The minimum absolute atomic E-state index is 0.644. The molecule has 0 amide bonds. The molecule has 1 aromatic heterocycles. The molecule has 0 radical (unpaired) electrons. The monoisotopic (exact) mass is 260 g/mol. The number of halogens is 1. The number of nitrogens with zero attached hydrogens (tertiary/aromatic N) is 2. The lowest BCUT2D eigenvalue weighted by molar-refractivity contribution is 0.465. The van der Waals surface area contributed by atoms with E-state index in [0.29, 0.717) is 5.92 Å². The van der Waals surface area contributed by atoms with Gasteiger partial charge in [-0.3, -0.25) is 0 Å². The SMILES string of the molecule is CC1CCCn2c1cnc2Cc1ccc(Cl)cc1. The van der Waals surface area contributed by atoms with Gasteiger partial charge in [-0.1, -0.05) is 30.7 Å². The highest BCUT2D eigenvalue weighted by atomic mass is 35.5. The first-order valence-electron chi connectivity index (χ1n) is 6.53. The summed E-state index contributed by atoms with van der Waals surface area (Å²) in [5, 5.41) is 0.789. The van der Waals surface area contributed by atoms with Crippen LogP contribution in [0.2, 0.25) is 5.02 Å². The lowest BCUT2D eigenvalue weighted by Crippen LogP contribution is -2.15. The van der Waals surface area contributed by atoms with E-state index in [0.717, 1.165) is 18.0 Å². The van der Waals surface area contributed by atoms with Crippen molar-refractivity contribution in [3.63, 3.8) is 0 Å². The highest BCUT2D eigenvalue weighted by molar-refractivity contribution is 6.30. The van der Waals surface area contributed by atoms with Gasteiger partial charge in [0.2, 0.25) is 0 Å². The fraction of sp³-hybridized carbons (Fsp3) is 0.400. The van der Waals surface area contributed by atoms with Gasteiger partial charge < -0.3 is 4.57 Å². The third kappa shape index (κ3) is 2.17. The van der Waals surface area contributed by atoms with Gasteiger partial charge in [-0.05, 0) is 36.5 Å². The van der Waals surface area contributed by atoms with Gasteiger partial charge in [0.25, 0.3) is 0 Å². The van der Waals surface area contributed by atoms with Gasteiger partial charge in [-0.2, -0.15) is 0 Å². The Hall–Kier alpha value is -1.28. The van der Waals surface area contributed by atoms with Crippen molar-refractivity contribution in [1.82, 2.24) is 9.55 Å².